The molecule has 0 saturated carbocycles. The number of aliphatic hydroxyl groups excluding tert-OH is 24. The van der Waals surface area contributed by atoms with Gasteiger partial charge in [-0.3, -0.25) is 0 Å². The summed E-state index contributed by atoms with van der Waals surface area (Å²) >= 11 is 0. The van der Waals surface area contributed by atoms with E-state index in [0.717, 1.165) is 12.2 Å². The molecule has 6 aliphatic rings. The van der Waals surface area contributed by atoms with Crippen LogP contribution in [0.2, 0.25) is 0 Å². The second-order valence-corrected chi connectivity index (χ2v) is 22.0. The van der Waals surface area contributed by atoms with E-state index in [-0.39, 0.29) is 39.6 Å². The van der Waals surface area contributed by atoms with Crippen molar-refractivity contribution in [2.75, 3.05) is 79.3 Å². The highest BCUT2D eigenvalue weighted by Gasteiger charge is 2.49. The molecule has 24 N–H and O–H groups in total. The predicted octanol–water partition coefficient (Wildman–Crippen LogP) is -9.13. The minimum Gasteiger partial charge on any atom is -0.394 e. The zero-order valence-corrected chi connectivity index (χ0v) is 55.0. The third-order valence-electron chi connectivity index (χ3n) is 14.7. The average Bonchev–Trinajstić information content (AvgIpc) is 0.940. The SMILES string of the molecule is C/C(F)=C/CO[C@@H]1OC(CO)[C@@H](O)C(O)C1O.C/C(F)=C\CO[C@@H]1OC(CO)[C@@H](O)C(O)C1O.C/C=C/CO[C@@H]1OC(CO)[C@@H](O)C(O)C1O.C/C=C/CO[C@@H]1OC(CO)[C@@H](O)C(O)C1O.C/C=C\CO[C@@H]1OC(CO)[C@@H](O)C(O)C1O.C/C=C\CO[C@@H]1OC(CO)[C@@H](O)C(O)C1O. The quantitative estimate of drug-likeness (QED) is 0.0399. The minimum absolute atomic E-state index is 0.148. The van der Waals surface area contributed by atoms with Crippen molar-refractivity contribution in [3.05, 3.63) is 72.4 Å². The molecule has 6 aliphatic heterocycles. The third kappa shape index (κ3) is 30.3. The molecule has 6 rings (SSSR count). The zero-order chi connectivity index (χ0) is 74.5. The van der Waals surface area contributed by atoms with Gasteiger partial charge in [0, 0.05) is 0 Å². The summed E-state index contributed by atoms with van der Waals surface area (Å²) in [5, 5.41) is 224. The Bertz CT molecular complexity index is 1980. The Morgan fingerprint density at radius 1 is 0.255 bits per heavy atom. The summed E-state index contributed by atoms with van der Waals surface area (Å²) in [6.45, 7) is 7.47. The van der Waals surface area contributed by atoms with E-state index in [0.29, 0.717) is 0 Å². The van der Waals surface area contributed by atoms with Gasteiger partial charge in [-0.15, -0.1) is 0 Å². The van der Waals surface area contributed by atoms with Crippen LogP contribution in [-0.2, 0) is 56.8 Å². The molecule has 6 heterocycles. The van der Waals surface area contributed by atoms with E-state index in [4.69, 9.17) is 87.5 Å². The van der Waals surface area contributed by atoms with Crippen LogP contribution in [0.3, 0.4) is 0 Å². The van der Waals surface area contributed by atoms with Crippen LogP contribution < -0.4 is 0 Å². The Morgan fingerprint density at radius 3 is 0.520 bits per heavy atom. The molecule has 30 atom stereocenters. The first-order chi connectivity index (χ1) is 46.4. The van der Waals surface area contributed by atoms with E-state index in [1.54, 1.807) is 48.6 Å². The summed E-state index contributed by atoms with van der Waals surface area (Å²) in [6.07, 6.45) is -21.2. The van der Waals surface area contributed by atoms with Gasteiger partial charge >= 0.3 is 0 Å². The van der Waals surface area contributed by atoms with Crippen molar-refractivity contribution < 1.29 is 188 Å². The Kier molecular flexibility index (Phi) is 47.7. The van der Waals surface area contributed by atoms with Gasteiger partial charge in [-0.2, -0.15) is 0 Å². The Morgan fingerprint density at radius 2 is 0.398 bits per heavy atom. The molecular weight excluding hydrogens is 1330 g/mol. The van der Waals surface area contributed by atoms with Crippen molar-refractivity contribution in [1.82, 2.24) is 0 Å². The summed E-state index contributed by atoms with van der Waals surface area (Å²) in [4.78, 5) is 0. The number of allylic oxidation sites excluding steroid dienone is 6. The van der Waals surface area contributed by atoms with Gasteiger partial charge < -0.3 is 179 Å². The number of hydrogen-bond donors (Lipinski definition) is 24. The molecule has 0 bridgehead atoms. The lowest BCUT2D eigenvalue weighted by Gasteiger charge is -2.39. The monoisotopic (exact) mass is 1440 g/mol. The summed E-state index contributed by atoms with van der Waals surface area (Å²) in [5.41, 5.74) is 0. The maximum absolute atomic E-state index is 12.4. The van der Waals surface area contributed by atoms with Gasteiger partial charge in [0.25, 0.3) is 0 Å². The lowest BCUT2D eigenvalue weighted by atomic mass is 9.99. The zero-order valence-electron chi connectivity index (χ0n) is 55.0. The number of hydrogen-bond acceptors (Lipinski definition) is 36. The van der Waals surface area contributed by atoms with Crippen molar-refractivity contribution in [1.29, 1.82) is 0 Å². The second-order valence-electron chi connectivity index (χ2n) is 22.0. The molecule has 0 aromatic rings. The molecule has 6 saturated heterocycles. The van der Waals surface area contributed by atoms with E-state index >= 15 is 0 Å². The Labute approximate surface area is 564 Å². The van der Waals surface area contributed by atoms with E-state index in [1.807, 2.05) is 27.7 Å². The normalized spacial score (nSPS) is 40.1. The van der Waals surface area contributed by atoms with Gasteiger partial charge in [0.15, 0.2) is 37.7 Å². The molecule has 0 aromatic heterocycles. The molecule has 38 heteroatoms. The van der Waals surface area contributed by atoms with Crippen LogP contribution in [0.1, 0.15) is 41.5 Å². The van der Waals surface area contributed by atoms with Crippen LogP contribution in [0.25, 0.3) is 0 Å². The van der Waals surface area contributed by atoms with E-state index in [2.05, 4.69) is 0 Å². The summed E-state index contributed by atoms with van der Waals surface area (Å²) < 4.78 is 85.8. The van der Waals surface area contributed by atoms with Gasteiger partial charge in [-0.05, 0) is 53.7 Å². The number of ether oxygens (including phenoxy) is 12. The molecule has 36 nitrogen and oxygen atoms in total. The fourth-order valence-corrected chi connectivity index (χ4v) is 8.73. The number of rotatable bonds is 24. The summed E-state index contributed by atoms with van der Waals surface area (Å²) in [5.74, 6) is -0.899. The molecule has 0 amide bonds. The molecule has 576 valence electrons. The molecule has 0 spiro atoms. The van der Waals surface area contributed by atoms with Gasteiger partial charge in [0.2, 0.25) is 0 Å². The maximum atomic E-state index is 12.4. The first kappa shape index (κ1) is 92.9. The minimum atomic E-state index is -1.48. The van der Waals surface area contributed by atoms with Gasteiger partial charge in [-0.25, -0.2) is 8.78 Å². The smallest absolute Gasteiger partial charge is 0.187 e. The number of halogens is 2. The number of aliphatic hydroxyl groups is 24. The topological polar surface area (TPSA) is 596 Å². The van der Waals surface area contributed by atoms with E-state index in [1.165, 1.54) is 13.8 Å². The highest BCUT2D eigenvalue weighted by atomic mass is 19.1. The van der Waals surface area contributed by atoms with Crippen LogP contribution in [0.4, 0.5) is 8.78 Å². The molecule has 0 radical (unpaired) electrons. The first-order valence-electron chi connectivity index (χ1n) is 31.0. The molecule has 98 heavy (non-hydrogen) atoms. The van der Waals surface area contributed by atoms with Crippen molar-refractivity contribution >= 4 is 0 Å². The highest BCUT2D eigenvalue weighted by Crippen LogP contribution is 2.27. The fraction of sp³-hybridized carbons (Fsp3) is 0.800. The molecule has 0 aliphatic carbocycles. The van der Waals surface area contributed by atoms with Crippen molar-refractivity contribution in [3.63, 3.8) is 0 Å². The Balaban J connectivity index is 0.000000588. The van der Waals surface area contributed by atoms with Gasteiger partial charge in [-0.1, -0.05) is 48.6 Å². The van der Waals surface area contributed by atoms with E-state index < -0.39 is 236 Å². The van der Waals surface area contributed by atoms with Crippen molar-refractivity contribution in [3.8, 4) is 0 Å². The highest BCUT2D eigenvalue weighted by molar-refractivity contribution is 4.96. The van der Waals surface area contributed by atoms with Crippen LogP contribution in [0, 0.1) is 0 Å². The standard InChI is InChI=1S/2C10H17FO6.4C10H18O6/c2*1-5(11)2-3-16-10-9(15)8(14)7(13)6(4-12)17-10;4*1-2-3-4-15-10-9(14)8(13)7(12)6(5-11)16-10/h2*2,6-10,12-15H,3-4H2,1H3;4*2-3,6-14H,4-5H2,1H3/b5-2+;5-2-;2*3-2+;2*3-2-/t6*6?,7-,8?,9?,10-/m111111/s1. The Hall–Kier alpha value is -3.14. The lowest BCUT2D eigenvalue weighted by molar-refractivity contribution is -0.298. The van der Waals surface area contributed by atoms with Crippen LogP contribution in [0.5, 0.6) is 0 Å². The second kappa shape index (κ2) is 50.3. The van der Waals surface area contributed by atoms with Crippen LogP contribution in [-0.4, -0.2) is 386 Å². The van der Waals surface area contributed by atoms with Crippen molar-refractivity contribution in [2.45, 2.75) is 226 Å². The van der Waals surface area contributed by atoms with Crippen molar-refractivity contribution in [2.24, 2.45) is 0 Å². The van der Waals surface area contributed by atoms with Crippen LogP contribution >= 0.6 is 0 Å². The van der Waals surface area contributed by atoms with Crippen LogP contribution in [0.15, 0.2) is 72.4 Å². The largest absolute Gasteiger partial charge is 0.394 e. The predicted molar refractivity (Wildman–Crippen MR) is 327 cm³/mol. The van der Waals surface area contributed by atoms with E-state index in [9.17, 15) is 101 Å². The molecule has 0 aromatic carbocycles. The summed E-state index contributed by atoms with van der Waals surface area (Å²) in [6, 6.07) is 0. The molecular formula is C60H106F2O36. The lowest BCUT2D eigenvalue weighted by Crippen LogP contribution is -2.59. The third-order valence-corrected chi connectivity index (χ3v) is 14.7. The molecule has 6 fully saturated rings. The molecule has 18 unspecified atom stereocenters. The summed E-state index contributed by atoms with van der Waals surface area (Å²) in [7, 11) is 0. The van der Waals surface area contributed by atoms with Gasteiger partial charge in [0.05, 0.1) is 90.9 Å². The van der Waals surface area contributed by atoms with Gasteiger partial charge in [0.1, 0.15) is 146 Å². The average molecular weight is 1440 g/mol. The maximum Gasteiger partial charge on any atom is 0.187 e. The first-order valence-corrected chi connectivity index (χ1v) is 31.0. The fourth-order valence-electron chi connectivity index (χ4n) is 8.73.